The van der Waals surface area contributed by atoms with Gasteiger partial charge in [0.25, 0.3) is 5.91 Å². The van der Waals surface area contributed by atoms with Crippen LogP contribution in [0, 0.1) is 5.41 Å². The van der Waals surface area contributed by atoms with E-state index in [0.717, 1.165) is 10.8 Å². The fraction of sp³-hybridized carbons (Fsp3) is 0.200. The Hall–Kier alpha value is -2.96. The van der Waals surface area contributed by atoms with Crippen molar-refractivity contribution in [3.05, 3.63) is 29.4 Å². The van der Waals surface area contributed by atoms with Crippen molar-refractivity contribution in [1.29, 1.82) is 5.41 Å². The van der Waals surface area contributed by atoms with Crippen molar-refractivity contribution < 1.29 is 9.59 Å². The Bertz CT molecular complexity index is 944. The predicted molar refractivity (Wildman–Crippen MR) is 83.0 cm³/mol. The number of rotatable bonds is 3. The molecule has 0 saturated heterocycles. The van der Waals surface area contributed by atoms with E-state index in [1.54, 1.807) is 32.3 Å². The summed E-state index contributed by atoms with van der Waals surface area (Å²) in [5.74, 6) is -0.420. The molecule has 0 spiro atoms. The van der Waals surface area contributed by atoms with Crippen molar-refractivity contribution in [2.75, 3.05) is 12.4 Å². The number of nitrogens with one attached hydrogen (secondary N) is 4. The molecule has 0 fully saturated rings. The lowest BCUT2D eigenvalue weighted by molar-refractivity contribution is -0.115. The molecule has 1 aromatic carbocycles. The van der Waals surface area contributed by atoms with Crippen LogP contribution in [0.4, 0.5) is 5.69 Å². The number of nitrogens with zero attached hydrogens (tertiary/aromatic N) is 1. The van der Waals surface area contributed by atoms with Gasteiger partial charge in [0, 0.05) is 30.4 Å². The Morgan fingerprint density at radius 1 is 1.36 bits per heavy atom. The molecule has 0 atom stereocenters. The summed E-state index contributed by atoms with van der Waals surface area (Å²) in [6.07, 6.45) is 1.95. The maximum absolute atomic E-state index is 11.9. The number of hydrogen-bond donors (Lipinski definition) is 4. The quantitative estimate of drug-likeness (QED) is 0.585. The third kappa shape index (κ3) is 2.07. The van der Waals surface area contributed by atoms with Gasteiger partial charge in [-0.15, -0.1) is 0 Å². The van der Waals surface area contributed by atoms with E-state index >= 15 is 0 Å². The van der Waals surface area contributed by atoms with Gasteiger partial charge in [-0.05, 0) is 12.1 Å². The standard InChI is InChI=1S/C15H15N5O2/c1-3-11(21)19-9-5-8(16)13-12-7(6-18-13)4-10(15(22)17-2)20-14(9)12/h4-6,16,20H,3H2,1-2H3,(H,17,22)(H,19,21). The minimum absolute atomic E-state index is 0.158. The van der Waals surface area contributed by atoms with Gasteiger partial charge < -0.3 is 15.6 Å². The number of anilines is 1. The zero-order chi connectivity index (χ0) is 15.9. The number of aromatic amines is 1. The summed E-state index contributed by atoms with van der Waals surface area (Å²) in [7, 11) is 1.55. The summed E-state index contributed by atoms with van der Waals surface area (Å²) in [4.78, 5) is 30.9. The van der Waals surface area contributed by atoms with Crippen LogP contribution in [0.15, 0.2) is 18.3 Å². The average Bonchev–Trinajstić information content (AvgIpc) is 2.95. The second-order valence-corrected chi connectivity index (χ2v) is 4.95. The van der Waals surface area contributed by atoms with Crippen molar-refractivity contribution in [3.63, 3.8) is 0 Å². The lowest BCUT2D eigenvalue weighted by Crippen LogP contribution is -2.20. The van der Waals surface area contributed by atoms with E-state index in [1.165, 1.54) is 0 Å². The lowest BCUT2D eigenvalue weighted by atomic mass is 10.1. The van der Waals surface area contributed by atoms with Crippen LogP contribution < -0.4 is 16.0 Å². The number of hydrogen-bond acceptors (Lipinski definition) is 4. The van der Waals surface area contributed by atoms with Crippen LogP contribution in [0.3, 0.4) is 0 Å². The summed E-state index contributed by atoms with van der Waals surface area (Å²) in [5.41, 5.74) is 1.99. The molecule has 112 valence electrons. The first kappa shape index (κ1) is 14.0. The Kier molecular flexibility index (Phi) is 3.25. The highest BCUT2D eigenvalue weighted by Crippen LogP contribution is 2.29. The first-order chi connectivity index (χ1) is 10.5. The van der Waals surface area contributed by atoms with E-state index in [0.29, 0.717) is 28.8 Å². The normalized spacial score (nSPS) is 11.0. The topological polar surface area (TPSA) is 111 Å². The summed E-state index contributed by atoms with van der Waals surface area (Å²) < 4.78 is 0. The number of pyridine rings is 1. The second-order valence-electron chi connectivity index (χ2n) is 4.95. The first-order valence-electron chi connectivity index (χ1n) is 6.89. The zero-order valence-corrected chi connectivity index (χ0v) is 12.2. The first-order valence-corrected chi connectivity index (χ1v) is 6.89. The summed E-state index contributed by atoms with van der Waals surface area (Å²) in [6, 6.07) is 3.23. The molecule has 3 aromatic rings. The molecule has 2 heterocycles. The van der Waals surface area contributed by atoms with E-state index < -0.39 is 0 Å². The third-order valence-corrected chi connectivity index (χ3v) is 3.55. The molecule has 0 saturated carbocycles. The summed E-state index contributed by atoms with van der Waals surface area (Å²) >= 11 is 0. The number of H-pyrrole nitrogens is 1. The average molecular weight is 297 g/mol. The highest BCUT2D eigenvalue weighted by Gasteiger charge is 2.16. The van der Waals surface area contributed by atoms with Crippen LogP contribution in [0.25, 0.3) is 21.8 Å². The number of carbonyl (C=O) groups excluding carboxylic acids is 2. The Morgan fingerprint density at radius 2 is 2.14 bits per heavy atom. The molecule has 22 heavy (non-hydrogen) atoms. The van der Waals surface area contributed by atoms with Gasteiger partial charge in [-0.2, -0.15) is 0 Å². The molecule has 3 rings (SSSR count). The van der Waals surface area contributed by atoms with Gasteiger partial charge >= 0.3 is 0 Å². The van der Waals surface area contributed by atoms with Crippen molar-refractivity contribution in [2.45, 2.75) is 13.3 Å². The smallest absolute Gasteiger partial charge is 0.267 e. The molecule has 2 amide bonds. The summed E-state index contributed by atoms with van der Waals surface area (Å²) in [6.45, 7) is 1.75. The number of carbonyl (C=O) groups is 2. The highest BCUT2D eigenvalue weighted by molar-refractivity contribution is 6.15. The van der Waals surface area contributed by atoms with E-state index in [9.17, 15) is 9.59 Å². The molecule has 7 heteroatoms. The van der Waals surface area contributed by atoms with Gasteiger partial charge in [0.15, 0.2) is 0 Å². The van der Waals surface area contributed by atoms with E-state index in [-0.39, 0.29) is 17.2 Å². The fourth-order valence-corrected chi connectivity index (χ4v) is 2.45. The van der Waals surface area contributed by atoms with Crippen LogP contribution in [-0.2, 0) is 4.79 Å². The van der Waals surface area contributed by atoms with Gasteiger partial charge in [0.2, 0.25) is 5.91 Å². The van der Waals surface area contributed by atoms with Gasteiger partial charge in [0.1, 0.15) is 5.69 Å². The lowest BCUT2D eigenvalue weighted by Gasteiger charge is -2.10. The number of benzene rings is 1. The van der Waals surface area contributed by atoms with Gasteiger partial charge in [0.05, 0.1) is 22.1 Å². The van der Waals surface area contributed by atoms with Crippen LogP contribution in [-0.4, -0.2) is 28.8 Å². The number of amides is 2. The Morgan fingerprint density at radius 3 is 2.82 bits per heavy atom. The van der Waals surface area contributed by atoms with Crippen LogP contribution >= 0.6 is 0 Å². The molecular weight excluding hydrogens is 282 g/mol. The largest absolute Gasteiger partial charge is 0.354 e. The van der Waals surface area contributed by atoms with Gasteiger partial charge in [-0.25, -0.2) is 0 Å². The maximum atomic E-state index is 11.9. The molecule has 0 aliphatic rings. The molecular formula is C15H15N5O2. The van der Waals surface area contributed by atoms with Crippen LogP contribution in [0.2, 0.25) is 0 Å². The summed E-state index contributed by atoms with van der Waals surface area (Å²) in [5, 5.41) is 15.1. The molecule has 7 nitrogen and oxygen atoms in total. The van der Waals surface area contributed by atoms with Crippen molar-refractivity contribution >= 4 is 39.3 Å². The minimum Gasteiger partial charge on any atom is -0.354 e. The SMILES string of the molecule is CCC(=O)Nc1cc(=N)c2ncc3cc(C(=O)NC)[nH]c1c32. The van der Waals surface area contributed by atoms with Gasteiger partial charge in [-0.3, -0.25) is 20.0 Å². The minimum atomic E-state index is -0.261. The monoisotopic (exact) mass is 297 g/mol. The molecule has 0 radical (unpaired) electrons. The predicted octanol–water partition coefficient (Wildman–Crippen LogP) is 1.34. The van der Waals surface area contributed by atoms with E-state index in [2.05, 4.69) is 20.6 Å². The zero-order valence-electron chi connectivity index (χ0n) is 12.2. The molecule has 0 aliphatic heterocycles. The van der Waals surface area contributed by atoms with Crippen LogP contribution in [0.5, 0.6) is 0 Å². The molecule has 4 N–H and O–H groups in total. The Labute approximate surface area is 125 Å². The van der Waals surface area contributed by atoms with Crippen molar-refractivity contribution in [1.82, 2.24) is 15.3 Å². The third-order valence-electron chi connectivity index (χ3n) is 3.55. The number of aromatic nitrogens is 2. The molecule has 2 aromatic heterocycles. The fourth-order valence-electron chi connectivity index (χ4n) is 2.45. The van der Waals surface area contributed by atoms with Crippen molar-refractivity contribution in [2.24, 2.45) is 0 Å². The second kappa shape index (κ2) is 5.10. The maximum Gasteiger partial charge on any atom is 0.267 e. The van der Waals surface area contributed by atoms with Gasteiger partial charge in [-0.1, -0.05) is 6.92 Å². The highest BCUT2D eigenvalue weighted by atomic mass is 16.2. The molecule has 0 bridgehead atoms. The van der Waals surface area contributed by atoms with E-state index in [4.69, 9.17) is 5.41 Å². The molecule has 0 aliphatic carbocycles. The van der Waals surface area contributed by atoms with Crippen LogP contribution in [0.1, 0.15) is 23.8 Å². The Balaban J connectivity index is 2.35. The van der Waals surface area contributed by atoms with E-state index in [1.807, 2.05) is 0 Å². The van der Waals surface area contributed by atoms with Crippen molar-refractivity contribution in [3.8, 4) is 0 Å². The molecule has 0 unspecified atom stereocenters.